The van der Waals surface area contributed by atoms with Crippen molar-refractivity contribution in [3.8, 4) is 0 Å². The van der Waals surface area contributed by atoms with Crippen molar-refractivity contribution in [3.05, 3.63) is 35.9 Å². The molecule has 0 radical (unpaired) electrons. The van der Waals surface area contributed by atoms with E-state index in [1.54, 1.807) is 0 Å². The second-order valence-electron chi connectivity index (χ2n) is 6.59. The number of rotatable bonds is 8. The Morgan fingerprint density at radius 2 is 2.09 bits per heavy atom. The molecule has 0 aromatic heterocycles. The summed E-state index contributed by atoms with van der Waals surface area (Å²) in [6.45, 7) is 3.37. The molecule has 3 N–H and O–H groups in total. The maximum atomic E-state index is 12.1. The predicted molar refractivity (Wildman–Crippen MR) is 89.6 cm³/mol. The monoisotopic (exact) mass is 317 g/mol. The van der Waals surface area contributed by atoms with Crippen LogP contribution in [0, 0.1) is 5.92 Å². The first-order chi connectivity index (χ1) is 11.2. The number of benzene rings is 1. The molecule has 1 aliphatic heterocycles. The number of carbonyl (C=O) groups is 1. The number of amides is 1. The van der Waals surface area contributed by atoms with Crippen molar-refractivity contribution in [3.63, 3.8) is 0 Å². The summed E-state index contributed by atoms with van der Waals surface area (Å²) < 4.78 is 5.81. The Kier molecular flexibility index (Phi) is 5.65. The van der Waals surface area contributed by atoms with Gasteiger partial charge in [0.1, 0.15) is 6.04 Å². The summed E-state index contributed by atoms with van der Waals surface area (Å²) in [4.78, 5) is 12.1. The molecule has 5 nitrogen and oxygen atoms in total. The van der Waals surface area contributed by atoms with Gasteiger partial charge in [0, 0.05) is 19.2 Å². The van der Waals surface area contributed by atoms with Crippen molar-refractivity contribution >= 4 is 5.91 Å². The molecule has 5 heteroatoms. The molecule has 0 spiro atoms. The van der Waals surface area contributed by atoms with Crippen LogP contribution in [0.25, 0.3) is 0 Å². The Bertz CT molecular complexity index is 504. The highest BCUT2D eigenvalue weighted by Gasteiger charge is 2.38. The SMILES string of the molecule is CC(OCCCNC(=O)C1CC(C2CC2)NN1)c1ccccc1. The van der Waals surface area contributed by atoms with Gasteiger partial charge in [0.15, 0.2) is 0 Å². The molecular weight excluding hydrogens is 290 g/mol. The standard InChI is InChI=1S/C18H27N3O2/c1-13(14-6-3-2-4-7-14)23-11-5-10-19-18(22)17-12-16(20-21-17)15-8-9-15/h2-4,6-7,13,15-17,20-21H,5,8-12H2,1H3,(H,19,22). The molecule has 126 valence electrons. The van der Waals surface area contributed by atoms with Gasteiger partial charge in [-0.05, 0) is 44.1 Å². The van der Waals surface area contributed by atoms with Crippen molar-refractivity contribution in [2.75, 3.05) is 13.2 Å². The summed E-state index contributed by atoms with van der Waals surface area (Å²) in [6, 6.07) is 10.6. The fraction of sp³-hybridized carbons (Fsp3) is 0.611. The lowest BCUT2D eigenvalue weighted by Crippen LogP contribution is -2.43. The zero-order chi connectivity index (χ0) is 16.1. The molecule has 0 bridgehead atoms. The van der Waals surface area contributed by atoms with Gasteiger partial charge in [-0.25, -0.2) is 5.43 Å². The van der Waals surface area contributed by atoms with E-state index in [-0.39, 0.29) is 18.1 Å². The van der Waals surface area contributed by atoms with E-state index in [9.17, 15) is 4.79 Å². The highest BCUT2D eigenvalue weighted by atomic mass is 16.5. The van der Waals surface area contributed by atoms with Crippen LogP contribution in [0.4, 0.5) is 0 Å². The van der Waals surface area contributed by atoms with Gasteiger partial charge in [0.2, 0.25) is 5.91 Å². The molecule has 23 heavy (non-hydrogen) atoms. The fourth-order valence-electron chi connectivity index (χ4n) is 3.05. The highest BCUT2D eigenvalue weighted by molar-refractivity contribution is 5.82. The first-order valence-corrected chi connectivity index (χ1v) is 8.69. The van der Waals surface area contributed by atoms with E-state index in [4.69, 9.17) is 4.74 Å². The molecule has 2 aliphatic rings. The molecular formula is C18H27N3O2. The van der Waals surface area contributed by atoms with E-state index in [1.165, 1.54) is 18.4 Å². The van der Waals surface area contributed by atoms with Gasteiger partial charge in [-0.2, -0.15) is 0 Å². The van der Waals surface area contributed by atoms with Crippen LogP contribution in [0.5, 0.6) is 0 Å². The van der Waals surface area contributed by atoms with Crippen molar-refractivity contribution in [2.45, 2.75) is 50.8 Å². The van der Waals surface area contributed by atoms with Crippen LogP contribution in [0.2, 0.25) is 0 Å². The van der Waals surface area contributed by atoms with Crippen LogP contribution in [0.1, 0.15) is 44.3 Å². The summed E-state index contributed by atoms with van der Waals surface area (Å²) in [5.74, 6) is 0.866. The number of nitrogens with one attached hydrogen (secondary N) is 3. The smallest absolute Gasteiger partial charge is 0.238 e. The third-order valence-electron chi connectivity index (χ3n) is 4.70. The molecule has 1 aromatic rings. The van der Waals surface area contributed by atoms with Crippen LogP contribution in [-0.2, 0) is 9.53 Å². The van der Waals surface area contributed by atoms with E-state index in [0.717, 1.165) is 18.8 Å². The van der Waals surface area contributed by atoms with Gasteiger partial charge in [-0.3, -0.25) is 10.2 Å². The minimum Gasteiger partial charge on any atom is -0.374 e. The third-order valence-corrected chi connectivity index (χ3v) is 4.70. The molecule has 1 heterocycles. The number of carbonyl (C=O) groups excluding carboxylic acids is 1. The molecule has 1 saturated carbocycles. The quantitative estimate of drug-likeness (QED) is 0.641. The summed E-state index contributed by atoms with van der Waals surface area (Å²) in [5, 5.41) is 3.00. The molecule has 3 rings (SSSR count). The van der Waals surface area contributed by atoms with Gasteiger partial charge in [-0.1, -0.05) is 30.3 Å². The summed E-state index contributed by atoms with van der Waals surface area (Å²) in [7, 11) is 0. The van der Waals surface area contributed by atoms with Crippen molar-refractivity contribution < 1.29 is 9.53 Å². The van der Waals surface area contributed by atoms with Crippen molar-refractivity contribution in [2.24, 2.45) is 5.92 Å². The number of hydrogen-bond donors (Lipinski definition) is 3. The molecule has 1 aliphatic carbocycles. The van der Waals surface area contributed by atoms with Crippen LogP contribution < -0.4 is 16.2 Å². The van der Waals surface area contributed by atoms with E-state index in [0.29, 0.717) is 19.2 Å². The van der Waals surface area contributed by atoms with Crippen LogP contribution in [0.15, 0.2) is 30.3 Å². The zero-order valence-electron chi connectivity index (χ0n) is 13.8. The predicted octanol–water partition coefficient (Wildman–Crippen LogP) is 1.92. The van der Waals surface area contributed by atoms with Gasteiger partial charge >= 0.3 is 0 Å². The average Bonchev–Trinajstić information content (AvgIpc) is 3.32. The van der Waals surface area contributed by atoms with E-state index in [2.05, 4.69) is 35.2 Å². The van der Waals surface area contributed by atoms with Crippen molar-refractivity contribution in [1.82, 2.24) is 16.2 Å². The second-order valence-corrected chi connectivity index (χ2v) is 6.59. The summed E-state index contributed by atoms with van der Waals surface area (Å²) in [6.07, 6.45) is 4.41. The lowest BCUT2D eigenvalue weighted by Gasteiger charge is -2.14. The maximum absolute atomic E-state index is 12.1. The zero-order valence-corrected chi connectivity index (χ0v) is 13.8. The van der Waals surface area contributed by atoms with Crippen LogP contribution in [0.3, 0.4) is 0 Å². The molecule has 3 atom stereocenters. The first kappa shape index (κ1) is 16.4. The molecule has 1 saturated heterocycles. The Morgan fingerprint density at radius 3 is 2.83 bits per heavy atom. The Hall–Kier alpha value is -1.43. The first-order valence-electron chi connectivity index (χ1n) is 8.69. The lowest BCUT2D eigenvalue weighted by atomic mass is 10.1. The Labute approximate surface area is 138 Å². The third kappa shape index (κ3) is 4.77. The lowest BCUT2D eigenvalue weighted by molar-refractivity contribution is -0.122. The summed E-state index contributed by atoms with van der Waals surface area (Å²) in [5.41, 5.74) is 7.55. The average molecular weight is 317 g/mol. The minimum atomic E-state index is -0.0928. The fourth-order valence-corrected chi connectivity index (χ4v) is 3.05. The number of hydrazine groups is 1. The molecule has 1 aromatic carbocycles. The molecule has 3 unspecified atom stereocenters. The normalized spacial score (nSPS) is 25.3. The molecule has 1 amide bonds. The summed E-state index contributed by atoms with van der Waals surface area (Å²) >= 11 is 0. The van der Waals surface area contributed by atoms with Gasteiger partial charge in [0.05, 0.1) is 6.10 Å². The van der Waals surface area contributed by atoms with Gasteiger partial charge in [0.25, 0.3) is 0 Å². The number of hydrogen-bond acceptors (Lipinski definition) is 4. The van der Waals surface area contributed by atoms with E-state index < -0.39 is 0 Å². The highest BCUT2D eigenvalue weighted by Crippen LogP contribution is 2.35. The van der Waals surface area contributed by atoms with E-state index >= 15 is 0 Å². The second kappa shape index (κ2) is 7.90. The maximum Gasteiger partial charge on any atom is 0.238 e. The Morgan fingerprint density at radius 1 is 1.30 bits per heavy atom. The van der Waals surface area contributed by atoms with Crippen LogP contribution >= 0.6 is 0 Å². The number of ether oxygens (including phenoxy) is 1. The topological polar surface area (TPSA) is 62.4 Å². The minimum absolute atomic E-state index is 0.0897. The van der Waals surface area contributed by atoms with Crippen molar-refractivity contribution in [1.29, 1.82) is 0 Å². The van der Waals surface area contributed by atoms with Crippen LogP contribution in [-0.4, -0.2) is 31.1 Å². The van der Waals surface area contributed by atoms with E-state index in [1.807, 2.05) is 18.2 Å². The molecule has 2 fully saturated rings. The van der Waals surface area contributed by atoms with Gasteiger partial charge < -0.3 is 10.1 Å². The van der Waals surface area contributed by atoms with Gasteiger partial charge in [-0.15, -0.1) is 0 Å². The Balaban J connectivity index is 1.27. The largest absolute Gasteiger partial charge is 0.374 e.